The lowest BCUT2D eigenvalue weighted by molar-refractivity contribution is -0.143. The minimum absolute atomic E-state index is 0.235. The van der Waals surface area contributed by atoms with Gasteiger partial charge in [-0.25, -0.2) is 0 Å². The van der Waals surface area contributed by atoms with E-state index in [0.29, 0.717) is 30.4 Å². The number of ether oxygens (including phenoxy) is 2. The number of Topliss-reactive ketones (excluding diaryl/α,β-unsaturated/α-hetero) is 1. The lowest BCUT2D eigenvalue weighted by Crippen LogP contribution is -2.15. The first-order valence-corrected chi connectivity index (χ1v) is 8.54. The van der Waals surface area contributed by atoms with Crippen LogP contribution in [0, 0.1) is 5.92 Å². The summed E-state index contributed by atoms with van der Waals surface area (Å²) in [6.45, 7) is 4.86. The van der Waals surface area contributed by atoms with E-state index in [9.17, 15) is 9.59 Å². The quantitative estimate of drug-likeness (QED) is 0.385. The molecular formula is C21H24O4. The standard InChI is InChI=1S/C21H24O4/c1-3-16(2)14-25-21(23)13-20(22)18-9-11-19(12-10-18)24-15-17-7-5-4-6-8-17/h4-12,16H,3,13-15H2,1-2H3/t16-/m0/s1. The van der Waals surface area contributed by atoms with Gasteiger partial charge >= 0.3 is 5.97 Å². The Balaban J connectivity index is 1.82. The number of hydrogen-bond acceptors (Lipinski definition) is 4. The zero-order valence-corrected chi connectivity index (χ0v) is 14.7. The van der Waals surface area contributed by atoms with Gasteiger partial charge < -0.3 is 9.47 Å². The molecule has 0 spiro atoms. The number of rotatable bonds is 9. The second-order valence-electron chi connectivity index (χ2n) is 6.10. The average molecular weight is 340 g/mol. The summed E-state index contributed by atoms with van der Waals surface area (Å²) in [7, 11) is 0. The van der Waals surface area contributed by atoms with Gasteiger partial charge in [-0.3, -0.25) is 9.59 Å². The first-order valence-electron chi connectivity index (χ1n) is 8.54. The molecule has 0 heterocycles. The van der Waals surface area contributed by atoms with Crippen molar-refractivity contribution in [1.29, 1.82) is 0 Å². The molecule has 0 N–H and O–H groups in total. The zero-order chi connectivity index (χ0) is 18.1. The summed E-state index contributed by atoms with van der Waals surface area (Å²) >= 11 is 0. The van der Waals surface area contributed by atoms with E-state index in [-0.39, 0.29) is 12.2 Å². The topological polar surface area (TPSA) is 52.6 Å². The highest BCUT2D eigenvalue weighted by atomic mass is 16.5. The Hall–Kier alpha value is -2.62. The van der Waals surface area contributed by atoms with E-state index in [0.717, 1.165) is 12.0 Å². The van der Waals surface area contributed by atoms with Crippen molar-refractivity contribution in [3.05, 3.63) is 65.7 Å². The van der Waals surface area contributed by atoms with E-state index in [1.165, 1.54) is 0 Å². The molecule has 0 aliphatic heterocycles. The van der Waals surface area contributed by atoms with Crippen LogP contribution in [0.15, 0.2) is 54.6 Å². The average Bonchev–Trinajstić information content (AvgIpc) is 2.65. The van der Waals surface area contributed by atoms with Crippen molar-refractivity contribution >= 4 is 11.8 Å². The molecule has 0 bridgehead atoms. The molecule has 25 heavy (non-hydrogen) atoms. The summed E-state index contributed by atoms with van der Waals surface area (Å²) < 4.78 is 10.8. The van der Waals surface area contributed by atoms with Crippen molar-refractivity contribution < 1.29 is 19.1 Å². The highest BCUT2D eigenvalue weighted by Crippen LogP contribution is 2.15. The molecule has 0 aliphatic rings. The Labute approximate surface area is 148 Å². The molecule has 0 aromatic heterocycles. The van der Waals surface area contributed by atoms with Gasteiger partial charge in [-0.2, -0.15) is 0 Å². The van der Waals surface area contributed by atoms with Gasteiger partial charge in [0.2, 0.25) is 0 Å². The monoisotopic (exact) mass is 340 g/mol. The summed E-state index contributed by atoms with van der Waals surface area (Å²) in [5.74, 6) is 0.262. The highest BCUT2D eigenvalue weighted by molar-refractivity contribution is 6.05. The summed E-state index contributed by atoms with van der Waals surface area (Å²) in [5, 5.41) is 0. The van der Waals surface area contributed by atoms with Crippen LogP contribution in [0.4, 0.5) is 0 Å². The van der Waals surface area contributed by atoms with Crippen molar-refractivity contribution in [2.45, 2.75) is 33.3 Å². The third-order valence-corrected chi connectivity index (χ3v) is 3.96. The van der Waals surface area contributed by atoms with Crippen LogP contribution in [0.3, 0.4) is 0 Å². The van der Waals surface area contributed by atoms with E-state index in [1.807, 2.05) is 44.2 Å². The van der Waals surface area contributed by atoms with Crippen molar-refractivity contribution in [1.82, 2.24) is 0 Å². The van der Waals surface area contributed by atoms with E-state index in [1.54, 1.807) is 24.3 Å². The number of carbonyl (C=O) groups excluding carboxylic acids is 2. The van der Waals surface area contributed by atoms with Crippen LogP contribution in [-0.4, -0.2) is 18.4 Å². The van der Waals surface area contributed by atoms with Crippen LogP contribution in [0.2, 0.25) is 0 Å². The molecule has 2 aromatic rings. The van der Waals surface area contributed by atoms with Gasteiger partial charge in [-0.1, -0.05) is 50.6 Å². The van der Waals surface area contributed by atoms with Gasteiger partial charge in [0.05, 0.1) is 6.61 Å². The second kappa shape index (κ2) is 9.62. The van der Waals surface area contributed by atoms with Crippen LogP contribution < -0.4 is 4.74 Å². The lowest BCUT2D eigenvalue weighted by atomic mass is 10.1. The number of esters is 1. The number of hydrogen-bond donors (Lipinski definition) is 0. The Morgan fingerprint density at radius 3 is 2.32 bits per heavy atom. The molecule has 0 saturated heterocycles. The largest absolute Gasteiger partial charge is 0.489 e. The summed E-state index contributed by atoms with van der Waals surface area (Å²) in [6, 6.07) is 16.7. The normalized spacial score (nSPS) is 11.6. The van der Waals surface area contributed by atoms with Crippen LogP contribution >= 0.6 is 0 Å². The van der Waals surface area contributed by atoms with Gasteiger partial charge in [0.1, 0.15) is 18.8 Å². The van der Waals surface area contributed by atoms with Crippen LogP contribution in [0.5, 0.6) is 5.75 Å². The molecule has 0 amide bonds. The fourth-order valence-electron chi connectivity index (χ4n) is 2.12. The Bertz CT molecular complexity index is 677. The van der Waals surface area contributed by atoms with Crippen molar-refractivity contribution in [3.63, 3.8) is 0 Å². The fraction of sp³-hybridized carbons (Fsp3) is 0.333. The van der Waals surface area contributed by atoms with Gasteiger partial charge in [0.15, 0.2) is 5.78 Å². The molecule has 0 radical (unpaired) electrons. The predicted octanol–water partition coefficient (Wildman–Crippen LogP) is 4.43. The molecule has 0 aliphatic carbocycles. The molecule has 4 nitrogen and oxygen atoms in total. The molecule has 2 rings (SSSR count). The Kier molecular flexibility index (Phi) is 7.20. The predicted molar refractivity (Wildman–Crippen MR) is 96.6 cm³/mol. The van der Waals surface area contributed by atoms with E-state index < -0.39 is 5.97 Å². The first-order chi connectivity index (χ1) is 12.1. The van der Waals surface area contributed by atoms with Crippen LogP contribution in [-0.2, 0) is 16.1 Å². The minimum atomic E-state index is -0.477. The zero-order valence-electron chi connectivity index (χ0n) is 14.7. The molecule has 0 fully saturated rings. The third kappa shape index (κ3) is 6.42. The smallest absolute Gasteiger partial charge is 0.313 e. The van der Waals surface area contributed by atoms with Gasteiger partial charge in [-0.05, 0) is 35.7 Å². The molecule has 4 heteroatoms. The van der Waals surface area contributed by atoms with Gasteiger partial charge in [-0.15, -0.1) is 0 Å². The van der Waals surface area contributed by atoms with Crippen molar-refractivity contribution in [2.75, 3.05) is 6.61 Å². The molecular weight excluding hydrogens is 316 g/mol. The lowest BCUT2D eigenvalue weighted by Gasteiger charge is -2.09. The molecule has 0 saturated carbocycles. The maximum absolute atomic E-state index is 12.1. The second-order valence-corrected chi connectivity index (χ2v) is 6.10. The first kappa shape index (κ1) is 18.7. The molecule has 132 valence electrons. The molecule has 1 atom stereocenters. The number of benzene rings is 2. The maximum Gasteiger partial charge on any atom is 0.313 e. The van der Waals surface area contributed by atoms with Crippen LogP contribution in [0.25, 0.3) is 0 Å². The minimum Gasteiger partial charge on any atom is -0.489 e. The number of ketones is 1. The third-order valence-electron chi connectivity index (χ3n) is 3.96. The van der Waals surface area contributed by atoms with Crippen molar-refractivity contribution in [2.24, 2.45) is 5.92 Å². The Morgan fingerprint density at radius 1 is 1.00 bits per heavy atom. The summed E-state index contributed by atoms with van der Waals surface area (Å²) in [5.41, 5.74) is 1.55. The van der Waals surface area contributed by atoms with Gasteiger partial charge in [0.25, 0.3) is 0 Å². The van der Waals surface area contributed by atoms with Gasteiger partial charge in [0, 0.05) is 5.56 Å². The highest BCUT2D eigenvalue weighted by Gasteiger charge is 2.14. The maximum atomic E-state index is 12.1. The summed E-state index contributed by atoms with van der Waals surface area (Å²) in [4.78, 5) is 23.8. The van der Waals surface area contributed by atoms with E-state index in [2.05, 4.69) is 0 Å². The molecule has 0 unspecified atom stereocenters. The Morgan fingerprint density at radius 2 is 1.68 bits per heavy atom. The van der Waals surface area contributed by atoms with Crippen molar-refractivity contribution in [3.8, 4) is 5.75 Å². The molecule has 2 aromatic carbocycles. The fourth-order valence-corrected chi connectivity index (χ4v) is 2.12. The van der Waals surface area contributed by atoms with E-state index in [4.69, 9.17) is 9.47 Å². The van der Waals surface area contributed by atoms with E-state index >= 15 is 0 Å². The number of carbonyl (C=O) groups is 2. The van der Waals surface area contributed by atoms with Crippen LogP contribution in [0.1, 0.15) is 42.6 Å². The summed E-state index contributed by atoms with van der Waals surface area (Å²) in [6.07, 6.45) is 0.701. The SMILES string of the molecule is CC[C@H](C)COC(=O)CC(=O)c1ccc(OCc2ccccc2)cc1.